The molecule has 0 amide bonds. The number of hydrogen-bond acceptors (Lipinski definition) is 4. The number of nitrogens with zero attached hydrogens (tertiary/aromatic N) is 1. The van der Waals surface area contributed by atoms with Crippen molar-refractivity contribution in [3.8, 4) is 0 Å². The summed E-state index contributed by atoms with van der Waals surface area (Å²) in [7, 11) is 0. The fraction of sp³-hybridized carbons (Fsp3) is 0.833. The molecule has 0 saturated carbocycles. The Morgan fingerprint density at radius 1 is 1.69 bits per heavy atom. The van der Waals surface area contributed by atoms with Crippen LogP contribution in [-0.4, -0.2) is 27.2 Å². The number of alkyl halides is 3. The van der Waals surface area contributed by atoms with Crippen molar-refractivity contribution in [2.45, 2.75) is 22.9 Å². The van der Waals surface area contributed by atoms with Gasteiger partial charge in [0, 0.05) is 0 Å². The zero-order valence-electron chi connectivity index (χ0n) is 6.76. The first kappa shape index (κ1) is 11.2. The number of hydrogen-bond donors (Lipinski definition) is 1. The lowest BCUT2D eigenvalue weighted by Gasteiger charge is -2.26. The summed E-state index contributed by atoms with van der Waals surface area (Å²) in [6.07, 6.45) is -0.0721. The van der Waals surface area contributed by atoms with Crippen molar-refractivity contribution in [3.05, 3.63) is 0 Å². The molecule has 4 nitrogen and oxygen atoms in total. The van der Waals surface area contributed by atoms with Crippen LogP contribution in [0.2, 0.25) is 0 Å². The summed E-state index contributed by atoms with van der Waals surface area (Å²) in [5.74, 6) is -1.71. The maximum absolute atomic E-state index is 9.61. The van der Waals surface area contributed by atoms with E-state index in [2.05, 4.69) is 9.99 Å². The van der Waals surface area contributed by atoms with Crippen LogP contribution in [0, 0.1) is 0 Å². The number of halogens is 3. The second-order valence-electron chi connectivity index (χ2n) is 2.47. The maximum Gasteiger partial charge on any atom is 0.290 e. The van der Waals surface area contributed by atoms with Crippen LogP contribution in [0.25, 0.3) is 0 Å². The smallest absolute Gasteiger partial charge is 0.290 e. The first-order chi connectivity index (χ1) is 5.89. The second-order valence-corrected chi connectivity index (χ2v) is 4.75. The Morgan fingerprint density at radius 3 is 2.69 bits per heavy atom. The Labute approximate surface area is 90.3 Å². The Bertz CT molecular complexity index is 228. The van der Waals surface area contributed by atoms with Gasteiger partial charge in [0.2, 0.25) is 5.90 Å². The largest absolute Gasteiger partial charge is 0.479 e. The fourth-order valence-electron chi connectivity index (χ4n) is 0.792. The van der Waals surface area contributed by atoms with Crippen LogP contribution >= 0.6 is 34.8 Å². The van der Waals surface area contributed by atoms with Crippen LogP contribution in [0.3, 0.4) is 0 Å². The van der Waals surface area contributed by atoms with E-state index in [0.29, 0.717) is 6.61 Å². The minimum Gasteiger partial charge on any atom is -0.479 e. The fourth-order valence-corrected chi connectivity index (χ4v) is 1.10. The average molecular weight is 248 g/mol. The molecule has 0 aliphatic carbocycles. The van der Waals surface area contributed by atoms with Gasteiger partial charge in [-0.05, 0) is 12.1 Å². The summed E-state index contributed by atoms with van der Waals surface area (Å²) in [5, 5.41) is 13.0. The van der Waals surface area contributed by atoms with Crippen LogP contribution in [0.15, 0.2) is 5.16 Å². The molecule has 7 heteroatoms. The number of rotatable bonds is 1. The summed E-state index contributed by atoms with van der Waals surface area (Å²) in [6.45, 7) is 2.19. The van der Waals surface area contributed by atoms with Gasteiger partial charge in [0.15, 0.2) is 0 Å². The molecular weight excluding hydrogens is 240 g/mol. The van der Waals surface area contributed by atoms with E-state index in [-0.39, 0.29) is 12.3 Å². The molecular formula is C6H8Cl3NO3. The van der Waals surface area contributed by atoms with Crippen LogP contribution in [0.4, 0.5) is 0 Å². The zero-order valence-corrected chi connectivity index (χ0v) is 9.03. The molecule has 0 spiro atoms. The highest BCUT2D eigenvalue weighted by Crippen LogP contribution is 2.43. The quantitative estimate of drug-likeness (QED) is 0.720. The molecule has 1 unspecified atom stereocenters. The monoisotopic (exact) mass is 247 g/mol. The first-order valence-electron chi connectivity index (χ1n) is 3.56. The molecule has 1 aliphatic heterocycles. The highest BCUT2D eigenvalue weighted by Gasteiger charge is 2.54. The predicted octanol–water partition coefficient (Wildman–Crippen LogP) is 1.82. The molecule has 1 rings (SSSR count). The van der Waals surface area contributed by atoms with Gasteiger partial charge in [0.1, 0.15) is 0 Å². The van der Waals surface area contributed by atoms with Gasteiger partial charge < -0.3 is 14.7 Å². The third kappa shape index (κ3) is 2.31. The summed E-state index contributed by atoms with van der Waals surface area (Å²) >= 11 is 16.4. The number of oxime groups is 1. The van der Waals surface area contributed by atoms with Crippen LogP contribution in [0.5, 0.6) is 0 Å². The van der Waals surface area contributed by atoms with Crippen molar-refractivity contribution in [1.29, 1.82) is 0 Å². The normalized spacial score (nSPS) is 28.2. The third-order valence-corrected chi connectivity index (χ3v) is 2.33. The highest BCUT2D eigenvalue weighted by molar-refractivity contribution is 6.68. The van der Waals surface area contributed by atoms with E-state index in [9.17, 15) is 5.11 Å². The standard InChI is InChI=1S/C6H8Cl3NO3/c1-2-12-4-3-5(11,13-10-4)6(7,8)9/h11H,2-3H2,1H3. The van der Waals surface area contributed by atoms with Crippen LogP contribution < -0.4 is 0 Å². The lowest BCUT2D eigenvalue weighted by atomic mass is 10.2. The molecule has 0 fully saturated rings. The molecule has 0 saturated heterocycles. The van der Waals surface area contributed by atoms with Crippen molar-refractivity contribution in [2.24, 2.45) is 5.16 Å². The Kier molecular flexibility index (Phi) is 3.17. The molecule has 0 aromatic heterocycles. The molecule has 1 heterocycles. The van der Waals surface area contributed by atoms with Gasteiger partial charge in [-0.2, -0.15) is 0 Å². The van der Waals surface area contributed by atoms with E-state index < -0.39 is 9.58 Å². The number of aliphatic hydroxyl groups is 1. The molecule has 76 valence electrons. The topological polar surface area (TPSA) is 51.0 Å². The molecule has 0 aromatic rings. The van der Waals surface area contributed by atoms with E-state index in [1.54, 1.807) is 6.92 Å². The van der Waals surface area contributed by atoms with Gasteiger partial charge in [0.25, 0.3) is 9.58 Å². The zero-order chi connectivity index (χ0) is 10.1. The van der Waals surface area contributed by atoms with Gasteiger partial charge in [-0.3, -0.25) is 0 Å². The molecule has 1 atom stereocenters. The van der Waals surface area contributed by atoms with Gasteiger partial charge in [-0.1, -0.05) is 34.8 Å². The molecule has 1 N–H and O–H groups in total. The van der Waals surface area contributed by atoms with Crippen molar-refractivity contribution < 1.29 is 14.7 Å². The average Bonchev–Trinajstić information content (AvgIpc) is 2.32. The summed E-state index contributed by atoms with van der Waals surface area (Å²) in [6, 6.07) is 0. The maximum atomic E-state index is 9.61. The molecule has 0 bridgehead atoms. The van der Waals surface area contributed by atoms with Crippen LogP contribution in [0.1, 0.15) is 13.3 Å². The molecule has 0 aromatic carbocycles. The third-order valence-electron chi connectivity index (χ3n) is 1.44. The van der Waals surface area contributed by atoms with E-state index in [1.807, 2.05) is 0 Å². The van der Waals surface area contributed by atoms with Gasteiger partial charge in [-0.15, -0.1) is 0 Å². The van der Waals surface area contributed by atoms with Crippen molar-refractivity contribution >= 4 is 40.7 Å². The van der Waals surface area contributed by atoms with E-state index >= 15 is 0 Å². The SMILES string of the molecule is CCOC1=NOC(O)(C(Cl)(Cl)Cl)C1. The highest BCUT2D eigenvalue weighted by atomic mass is 35.6. The lowest BCUT2D eigenvalue weighted by molar-refractivity contribution is -0.181. The number of ether oxygens (including phenoxy) is 1. The van der Waals surface area contributed by atoms with Crippen molar-refractivity contribution in [2.75, 3.05) is 6.61 Å². The molecule has 0 radical (unpaired) electrons. The van der Waals surface area contributed by atoms with E-state index in [0.717, 1.165) is 0 Å². The molecule has 1 aliphatic rings. The summed E-state index contributed by atoms with van der Waals surface area (Å²) in [4.78, 5) is 4.59. The predicted molar refractivity (Wildman–Crippen MR) is 50.0 cm³/mol. The minimum atomic E-state index is -1.95. The van der Waals surface area contributed by atoms with Gasteiger partial charge >= 0.3 is 0 Å². The van der Waals surface area contributed by atoms with Gasteiger partial charge in [-0.25, -0.2) is 0 Å². The Balaban J connectivity index is 2.62. The van der Waals surface area contributed by atoms with E-state index in [1.165, 1.54) is 0 Å². The van der Waals surface area contributed by atoms with Gasteiger partial charge in [0.05, 0.1) is 13.0 Å². The Hall–Kier alpha value is 0.1000. The van der Waals surface area contributed by atoms with Crippen molar-refractivity contribution in [1.82, 2.24) is 0 Å². The Morgan fingerprint density at radius 2 is 2.31 bits per heavy atom. The summed E-state index contributed by atoms with van der Waals surface area (Å²) in [5.41, 5.74) is 0. The summed E-state index contributed by atoms with van der Waals surface area (Å²) < 4.78 is 3.03. The first-order valence-corrected chi connectivity index (χ1v) is 4.69. The lowest BCUT2D eigenvalue weighted by Crippen LogP contribution is -2.43. The van der Waals surface area contributed by atoms with E-state index in [4.69, 9.17) is 39.5 Å². The molecule has 13 heavy (non-hydrogen) atoms. The van der Waals surface area contributed by atoms with Crippen molar-refractivity contribution in [3.63, 3.8) is 0 Å². The minimum absolute atomic E-state index is 0.0721. The second kappa shape index (κ2) is 3.69. The van der Waals surface area contributed by atoms with Crippen LogP contribution in [-0.2, 0) is 9.57 Å².